The maximum absolute atomic E-state index is 12.5. The number of piperazine rings is 1. The van der Waals surface area contributed by atoms with Gasteiger partial charge in [0.15, 0.2) is 0 Å². The molecule has 1 fully saturated rings. The number of anilines is 2. The van der Waals surface area contributed by atoms with Crippen LogP contribution in [-0.4, -0.2) is 55.0 Å². The van der Waals surface area contributed by atoms with Crippen LogP contribution >= 0.6 is 11.6 Å². The first kappa shape index (κ1) is 21.4. The van der Waals surface area contributed by atoms with E-state index in [9.17, 15) is 14.4 Å². The summed E-state index contributed by atoms with van der Waals surface area (Å²) in [5.41, 5.74) is 7.09. The van der Waals surface area contributed by atoms with E-state index in [1.54, 1.807) is 24.0 Å². The Morgan fingerprint density at radius 1 is 1.03 bits per heavy atom. The first-order valence-corrected chi connectivity index (χ1v) is 9.98. The van der Waals surface area contributed by atoms with E-state index in [0.717, 1.165) is 5.69 Å². The number of nitrogens with two attached hydrogens (primary N) is 1. The van der Waals surface area contributed by atoms with Gasteiger partial charge in [0.2, 0.25) is 11.8 Å². The SMILES string of the molecule is CC(NC(=O)N1CCN(c2cccc(Cl)c2)CC1)C(=O)Nc1ccc(C(N)=O)cc1. The first-order chi connectivity index (χ1) is 14.3. The molecule has 0 spiro atoms. The Kier molecular flexibility index (Phi) is 6.79. The molecule has 0 bridgehead atoms. The van der Waals surface area contributed by atoms with E-state index in [-0.39, 0.29) is 11.9 Å². The van der Waals surface area contributed by atoms with Gasteiger partial charge in [-0.15, -0.1) is 0 Å². The molecule has 4 amide bonds. The smallest absolute Gasteiger partial charge is 0.318 e. The number of hydrogen-bond donors (Lipinski definition) is 3. The van der Waals surface area contributed by atoms with Gasteiger partial charge in [-0.2, -0.15) is 0 Å². The van der Waals surface area contributed by atoms with Gasteiger partial charge in [0, 0.05) is 48.1 Å². The van der Waals surface area contributed by atoms with Gasteiger partial charge in [-0.25, -0.2) is 4.79 Å². The number of halogens is 1. The number of benzene rings is 2. The molecule has 9 heteroatoms. The molecular formula is C21H24ClN5O3. The highest BCUT2D eigenvalue weighted by Gasteiger charge is 2.24. The van der Waals surface area contributed by atoms with Crippen molar-refractivity contribution >= 4 is 40.8 Å². The number of amides is 4. The van der Waals surface area contributed by atoms with E-state index in [1.807, 2.05) is 24.3 Å². The van der Waals surface area contributed by atoms with Crippen LogP contribution in [0.2, 0.25) is 5.02 Å². The monoisotopic (exact) mass is 429 g/mol. The summed E-state index contributed by atoms with van der Waals surface area (Å²) in [6.07, 6.45) is 0. The van der Waals surface area contributed by atoms with Crippen molar-refractivity contribution < 1.29 is 14.4 Å². The molecule has 1 atom stereocenters. The Hall–Kier alpha value is -3.26. The Morgan fingerprint density at radius 3 is 2.30 bits per heavy atom. The van der Waals surface area contributed by atoms with Crippen molar-refractivity contribution in [2.75, 3.05) is 36.4 Å². The topological polar surface area (TPSA) is 108 Å². The molecule has 4 N–H and O–H groups in total. The van der Waals surface area contributed by atoms with Crippen molar-refractivity contribution in [1.82, 2.24) is 10.2 Å². The van der Waals surface area contributed by atoms with E-state index < -0.39 is 11.9 Å². The summed E-state index contributed by atoms with van der Waals surface area (Å²) < 4.78 is 0. The van der Waals surface area contributed by atoms with Crippen LogP contribution < -0.4 is 21.3 Å². The second-order valence-electron chi connectivity index (χ2n) is 7.06. The lowest BCUT2D eigenvalue weighted by molar-refractivity contribution is -0.117. The fourth-order valence-electron chi connectivity index (χ4n) is 3.15. The molecular weight excluding hydrogens is 406 g/mol. The standard InChI is InChI=1S/C21H24ClN5O3/c1-14(20(29)25-17-7-5-15(6-8-17)19(23)28)24-21(30)27-11-9-26(10-12-27)18-4-2-3-16(22)13-18/h2-8,13-14H,9-12H2,1H3,(H2,23,28)(H,24,30)(H,25,29). The van der Waals surface area contributed by atoms with Gasteiger partial charge in [-0.05, 0) is 49.4 Å². The summed E-state index contributed by atoms with van der Waals surface area (Å²) in [5, 5.41) is 6.11. The third-order valence-electron chi connectivity index (χ3n) is 4.91. The largest absolute Gasteiger partial charge is 0.368 e. The number of rotatable bonds is 5. The van der Waals surface area contributed by atoms with E-state index in [0.29, 0.717) is 42.5 Å². The molecule has 1 heterocycles. The van der Waals surface area contributed by atoms with E-state index in [2.05, 4.69) is 15.5 Å². The molecule has 1 aliphatic heterocycles. The Labute approximate surface area is 180 Å². The molecule has 158 valence electrons. The molecule has 0 radical (unpaired) electrons. The predicted octanol–water partition coefficient (Wildman–Crippen LogP) is 2.30. The maximum atomic E-state index is 12.5. The molecule has 3 rings (SSSR count). The van der Waals surface area contributed by atoms with Crippen molar-refractivity contribution in [2.24, 2.45) is 5.73 Å². The van der Waals surface area contributed by atoms with E-state index >= 15 is 0 Å². The molecule has 1 aliphatic rings. The minimum Gasteiger partial charge on any atom is -0.368 e. The number of urea groups is 1. The normalized spacial score (nSPS) is 14.7. The van der Waals surface area contributed by atoms with Crippen LogP contribution in [0, 0.1) is 0 Å². The van der Waals surface area contributed by atoms with Gasteiger partial charge in [-0.1, -0.05) is 17.7 Å². The summed E-state index contributed by atoms with van der Waals surface area (Å²) >= 11 is 6.05. The van der Waals surface area contributed by atoms with Gasteiger partial charge in [0.1, 0.15) is 6.04 Å². The average molecular weight is 430 g/mol. The number of carbonyl (C=O) groups is 3. The van der Waals surface area contributed by atoms with Gasteiger partial charge in [0.05, 0.1) is 0 Å². The van der Waals surface area contributed by atoms with Gasteiger partial charge in [-0.3, -0.25) is 9.59 Å². The lowest BCUT2D eigenvalue weighted by Gasteiger charge is -2.36. The Bertz CT molecular complexity index is 926. The summed E-state index contributed by atoms with van der Waals surface area (Å²) in [6, 6.07) is 12.8. The zero-order valence-corrected chi connectivity index (χ0v) is 17.4. The fourth-order valence-corrected chi connectivity index (χ4v) is 3.34. The van der Waals surface area contributed by atoms with Crippen LogP contribution in [0.15, 0.2) is 48.5 Å². The van der Waals surface area contributed by atoms with E-state index in [1.165, 1.54) is 12.1 Å². The van der Waals surface area contributed by atoms with Crippen molar-refractivity contribution in [3.8, 4) is 0 Å². The van der Waals surface area contributed by atoms with Crippen LogP contribution in [0.5, 0.6) is 0 Å². The molecule has 0 saturated carbocycles. The quantitative estimate of drug-likeness (QED) is 0.677. The van der Waals surface area contributed by atoms with Crippen molar-refractivity contribution in [2.45, 2.75) is 13.0 Å². The highest BCUT2D eigenvalue weighted by atomic mass is 35.5. The zero-order valence-electron chi connectivity index (χ0n) is 16.6. The number of carbonyl (C=O) groups excluding carboxylic acids is 3. The zero-order chi connectivity index (χ0) is 21.7. The number of nitrogens with one attached hydrogen (secondary N) is 2. The lowest BCUT2D eigenvalue weighted by atomic mass is 10.2. The van der Waals surface area contributed by atoms with Gasteiger partial charge < -0.3 is 26.2 Å². The summed E-state index contributed by atoms with van der Waals surface area (Å²) in [6.45, 7) is 4.07. The summed E-state index contributed by atoms with van der Waals surface area (Å²) in [4.78, 5) is 39.8. The third-order valence-corrected chi connectivity index (χ3v) is 5.15. The molecule has 1 unspecified atom stereocenters. The third kappa shape index (κ3) is 5.42. The highest BCUT2D eigenvalue weighted by Crippen LogP contribution is 2.20. The number of nitrogens with zero attached hydrogens (tertiary/aromatic N) is 2. The fraction of sp³-hybridized carbons (Fsp3) is 0.286. The van der Waals surface area contributed by atoms with Crippen LogP contribution in [-0.2, 0) is 4.79 Å². The average Bonchev–Trinajstić information content (AvgIpc) is 2.74. The predicted molar refractivity (Wildman–Crippen MR) is 117 cm³/mol. The molecule has 1 saturated heterocycles. The van der Waals surface area contributed by atoms with Crippen LogP contribution in [0.25, 0.3) is 0 Å². The van der Waals surface area contributed by atoms with Crippen LogP contribution in [0.3, 0.4) is 0 Å². The van der Waals surface area contributed by atoms with Crippen LogP contribution in [0.4, 0.5) is 16.2 Å². The second-order valence-corrected chi connectivity index (χ2v) is 7.49. The highest BCUT2D eigenvalue weighted by molar-refractivity contribution is 6.30. The van der Waals surface area contributed by atoms with Crippen LogP contribution in [0.1, 0.15) is 17.3 Å². The molecule has 2 aromatic rings. The second kappa shape index (κ2) is 9.49. The number of primary amides is 1. The first-order valence-electron chi connectivity index (χ1n) is 9.60. The molecule has 30 heavy (non-hydrogen) atoms. The molecule has 8 nitrogen and oxygen atoms in total. The Balaban J connectivity index is 1.48. The maximum Gasteiger partial charge on any atom is 0.318 e. The molecule has 2 aromatic carbocycles. The minimum absolute atomic E-state index is 0.285. The van der Waals surface area contributed by atoms with E-state index in [4.69, 9.17) is 17.3 Å². The van der Waals surface area contributed by atoms with Crippen molar-refractivity contribution in [3.05, 3.63) is 59.1 Å². The minimum atomic E-state index is -0.723. The molecule has 0 aliphatic carbocycles. The molecule has 0 aromatic heterocycles. The summed E-state index contributed by atoms with van der Waals surface area (Å²) in [7, 11) is 0. The Morgan fingerprint density at radius 2 is 1.70 bits per heavy atom. The van der Waals surface area contributed by atoms with Gasteiger partial charge >= 0.3 is 6.03 Å². The summed E-state index contributed by atoms with van der Waals surface area (Å²) in [5.74, 6) is -0.892. The van der Waals surface area contributed by atoms with Crippen molar-refractivity contribution in [3.63, 3.8) is 0 Å². The van der Waals surface area contributed by atoms with Crippen molar-refractivity contribution in [1.29, 1.82) is 0 Å². The van der Waals surface area contributed by atoms with Gasteiger partial charge in [0.25, 0.3) is 0 Å². The number of hydrogen-bond acceptors (Lipinski definition) is 4. The lowest BCUT2D eigenvalue weighted by Crippen LogP contribution is -2.54.